The molecule has 2 atom stereocenters. The topological polar surface area (TPSA) is 46.4 Å². The van der Waals surface area contributed by atoms with Gasteiger partial charge < -0.3 is 5.32 Å². The Balaban J connectivity index is 2.11. The van der Waals surface area contributed by atoms with E-state index in [-0.39, 0.29) is 6.04 Å². The maximum Gasteiger partial charge on any atom is 0.194 e. The first-order chi connectivity index (χ1) is 8.47. The van der Waals surface area contributed by atoms with Crippen molar-refractivity contribution in [1.29, 1.82) is 0 Å². The minimum absolute atomic E-state index is 0.250. The molecular weight excluding hydrogens is 266 g/mol. The van der Waals surface area contributed by atoms with Crippen molar-refractivity contribution in [3.8, 4) is 0 Å². The van der Waals surface area contributed by atoms with Crippen LogP contribution < -0.4 is 5.32 Å². The molecule has 18 heavy (non-hydrogen) atoms. The summed E-state index contributed by atoms with van der Waals surface area (Å²) < 4.78 is 13.3. The standard InChI is InChI=1S/C12H19N3OS2/c1-8(7-18(4)16)13-5-11-10(3)14-12-15(11)6-9(2)17-12/h6,8,13H,5,7H2,1-4H3. The van der Waals surface area contributed by atoms with Crippen LogP contribution in [0.5, 0.6) is 0 Å². The van der Waals surface area contributed by atoms with E-state index in [9.17, 15) is 4.21 Å². The van der Waals surface area contributed by atoms with Crippen LogP contribution in [-0.2, 0) is 17.3 Å². The second kappa shape index (κ2) is 5.50. The highest BCUT2D eigenvalue weighted by Crippen LogP contribution is 2.20. The second-order valence-electron chi connectivity index (χ2n) is 4.66. The fraction of sp³-hybridized carbons (Fsp3) is 0.583. The molecule has 100 valence electrons. The van der Waals surface area contributed by atoms with E-state index in [1.807, 2.05) is 6.92 Å². The molecule has 0 fully saturated rings. The molecule has 0 spiro atoms. The second-order valence-corrected chi connectivity index (χ2v) is 7.35. The van der Waals surface area contributed by atoms with Gasteiger partial charge in [-0.15, -0.1) is 11.3 Å². The van der Waals surface area contributed by atoms with Crippen LogP contribution in [0.15, 0.2) is 6.20 Å². The zero-order valence-electron chi connectivity index (χ0n) is 11.2. The Kier molecular flexibility index (Phi) is 4.19. The van der Waals surface area contributed by atoms with E-state index in [2.05, 4.69) is 34.7 Å². The van der Waals surface area contributed by atoms with E-state index in [4.69, 9.17) is 0 Å². The quantitative estimate of drug-likeness (QED) is 0.912. The number of aromatic nitrogens is 2. The van der Waals surface area contributed by atoms with E-state index in [0.29, 0.717) is 5.75 Å². The highest BCUT2D eigenvalue weighted by molar-refractivity contribution is 7.84. The lowest BCUT2D eigenvalue weighted by molar-refractivity contribution is 0.577. The predicted octanol–water partition coefficient (Wildman–Crippen LogP) is 1.87. The molecule has 1 N–H and O–H groups in total. The minimum atomic E-state index is -0.755. The van der Waals surface area contributed by atoms with Crippen LogP contribution in [0, 0.1) is 13.8 Å². The highest BCUT2D eigenvalue weighted by atomic mass is 32.2. The molecule has 4 nitrogen and oxygen atoms in total. The van der Waals surface area contributed by atoms with Crippen molar-refractivity contribution in [3.63, 3.8) is 0 Å². The average molecular weight is 285 g/mol. The molecule has 2 aromatic rings. The van der Waals surface area contributed by atoms with Crippen molar-refractivity contribution in [1.82, 2.24) is 14.7 Å². The summed E-state index contributed by atoms with van der Waals surface area (Å²) in [6.45, 7) is 6.96. The Morgan fingerprint density at radius 2 is 2.28 bits per heavy atom. The summed E-state index contributed by atoms with van der Waals surface area (Å²) in [7, 11) is -0.755. The van der Waals surface area contributed by atoms with E-state index in [0.717, 1.165) is 17.2 Å². The molecule has 2 aromatic heterocycles. The summed E-state index contributed by atoms with van der Waals surface area (Å²) in [5.41, 5.74) is 2.27. The minimum Gasteiger partial charge on any atom is -0.308 e. The number of fused-ring (bicyclic) bond motifs is 1. The Hall–Kier alpha value is -0.720. The van der Waals surface area contributed by atoms with Gasteiger partial charge in [0.1, 0.15) is 0 Å². The molecule has 0 aromatic carbocycles. The Morgan fingerprint density at radius 3 is 2.94 bits per heavy atom. The number of hydrogen-bond acceptors (Lipinski definition) is 4. The molecule has 0 aliphatic heterocycles. The largest absolute Gasteiger partial charge is 0.308 e. The fourth-order valence-corrected chi connectivity index (χ4v) is 3.72. The molecule has 0 saturated carbocycles. The van der Waals surface area contributed by atoms with Crippen molar-refractivity contribution in [2.24, 2.45) is 0 Å². The molecule has 0 aliphatic rings. The summed E-state index contributed by atoms with van der Waals surface area (Å²) in [5, 5.41) is 3.41. The van der Waals surface area contributed by atoms with Gasteiger partial charge in [0, 0.05) is 46.5 Å². The fourth-order valence-electron chi connectivity index (χ4n) is 2.00. The molecule has 0 aliphatic carbocycles. The Bertz CT molecular complexity index is 573. The van der Waals surface area contributed by atoms with E-state index >= 15 is 0 Å². The third kappa shape index (κ3) is 2.99. The molecule has 0 radical (unpaired) electrons. The lowest BCUT2D eigenvalue weighted by Gasteiger charge is -2.12. The summed E-state index contributed by atoms with van der Waals surface area (Å²) in [4.78, 5) is 6.87. The monoisotopic (exact) mass is 285 g/mol. The van der Waals surface area contributed by atoms with E-state index in [1.54, 1.807) is 17.6 Å². The van der Waals surface area contributed by atoms with Gasteiger partial charge in [-0.1, -0.05) is 0 Å². The van der Waals surface area contributed by atoms with Crippen LogP contribution in [0.4, 0.5) is 0 Å². The normalized spacial score (nSPS) is 15.1. The molecule has 0 amide bonds. The number of rotatable bonds is 5. The van der Waals surface area contributed by atoms with Gasteiger partial charge in [0.2, 0.25) is 0 Å². The SMILES string of the molecule is Cc1cn2c(CNC(C)CS(C)=O)c(C)nc2s1. The van der Waals surface area contributed by atoms with Crippen molar-refractivity contribution in [2.75, 3.05) is 12.0 Å². The van der Waals surface area contributed by atoms with Crippen LogP contribution in [0.1, 0.15) is 23.2 Å². The summed E-state index contributed by atoms with van der Waals surface area (Å²) in [6, 6.07) is 0.250. The third-order valence-corrected chi connectivity index (χ3v) is 4.71. The van der Waals surface area contributed by atoms with Crippen LogP contribution in [0.25, 0.3) is 4.96 Å². The maximum atomic E-state index is 11.2. The summed E-state index contributed by atoms with van der Waals surface area (Å²) in [5.74, 6) is 0.684. The molecule has 2 heterocycles. The first-order valence-corrected chi connectivity index (χ1v) is 8.49. The van der Waals surface area contributed by atoms with Gasteiger partial charge in [0.15, 0.2) is 4.96 Å². The van der Waals surface area contributed by atoms with Crippen molar-refractivity contribution >= 4 is 27.1 Å². The van der Waals surface area contributed by atoms with Gasteiger partial charge in [-0.2, -0.15) is 0 Å². The zero-order valence-corrected chi connectivity index (χ0v) is 12.8. The van der Waals surface area contributed by atoms with Crippen molar-refractivity contribution in [3.05, 3.63) is 22.5 Å². The van der Waals surface area contributed by atoms with E-state index < -0.39 is 10.8 Å². The Labute approximate surface area is 114 Å². The molecule has 2 unspecified atom stereocenters. The zero-order chi connectivity index (χ0) is 13.3. The van der Waals surface area contributed by atoms with Crippen LogP contribution >= 0.6 is 11.3 Å². The van der Waals surface area contributed by atoms with Gasteiger partial charge >= 0.3 is 0 Å². The average Bonchev–Trinajstić information content (AvgIpc) is 2.70. The first kappa shape index (κ1) is 13.7. The lowest BCUT2D eigenvalue weighted by atomic mass is 10.3. The van der Waals surface area contributed by atoms with Gasteiger partial charge in [0.25, 0.3) is 0 Å². The highest BCUT2D eigenvalue weighted by Gasteiger charge is 2.12. The molecule has 0 saturated heterocycles. The molecule has 2 rings (SSSR count). The summed E-state index contributed by atoms with van der Waals surface area (Å²) >= 11 is 1.71. The summed E-state index contributed by atoms with van der Waals surface area (Å²) in [6.07, 6.45) is 3.86. The number of thiazole rings is 1. The number of imidazole rings is 1. The van der Waals surface area contributed by atoms with Gasteiger partial charge in [-0.3, -0.25) is 8.61 Å². The molecular formula is C12H19N3OS2. The number of hydrogen-bond donors (Lipinski definition) is 1. The predicted molar refractivity (Wildman–Crippen MR) is 77.8 cm³/mol. The first-order valence-electron chi connectivity index (χ1n) is 5.94. The van der Waals surface area contributed by atoms with Gasteiger partial charge in [-0.25, -0.2) is 4.98 Å². The lowest BCUT2D eigenvalue weighted by Crippen LogP contribution is -2.31. The van der Waals surface area contributed by atoms with Crippen LogP contribution in [-0.4, -0.2) is 31.6 Å². The number of aryl methyl sites for hydroxylation is 2. The van der Waals surface area contributed by atoms with Crippen molar-refractivity contribution < 1.29 is 4.21 Å². The smallest absolute Gasteiger partial charge is 0.194 e. The van der Waals surface area contributed by atoms with Gasteiger partial charge in [-0.05, 0) is 20.8 Å². The van der Waals surface area contributed by atoms with Gasteiger partial charge in [0.05, 0.1) is 11.4 Å². The van der Waals surface area contributed by atoms with Crippen LogP contribution in [0.2, 0.25) is 0 Å². The van der Waals surface area contributed by atoms with Crippen molar-refractivity contribution in [2.45, 2.75) is 33.4 Å². The van der Waals surface area contributed by atoms with E-state index in [1.165, 1.54) is 10.6 Å². The molecule has 0 bridgehead atoms. The number of nitrogens with zero attached hydrogens (tertiary/aromatic N) is 2. The Morgan fingerprint density at radius 1 is 1.56 bits per heavy atom. The van der Waals surface area contributed by atoms with Crippen LogP contribution in [0.3, 0.4) is 0 Å². The maximum absolute atomic E-state index is 11.2. The number of nitrogens with one attached hydrogen (secondary N) is 1. The third-order valence-electron chi connectivity index (χ3n) is 2.84. The molecule has 6 heteroatoms.